The Balaban J connectivity index is 3.35. The van der Waals surface area contributed by atoms with Gasteiger partial charge in [-0.25, -0.2) is 4.79 Å². The van der Waals surface area contributed by atoms with Gasteiger partial charge in [-0.05, 0) is 31.5 Å². The van der Waals surface area contributed by atoms with E-state index < -0.39 is 11.5 Å². The SMILES string of the molecule is CCN(C(C)=O)C(C)(C(=O)O)c1ccc(Br)cc1. The number of hydrogen-bond acceptors (Lipinski definition) is 2. The van der Waals surface area contributed by atoms with E-state index in [1.165, 1.54) is 11.8 Å². The van der Waals surface area contributed by atoms with Gasteiger partial charge < -0.3 is 10.0 Å². The van der Waals surface area contributed by atoms with Crippen molar-refractivity contribution < 1.29 is 14.7 Å². The first-order valence-corrected chi connectivity index (χ1v) is 6.41. The number of aliphatic carboxylic acids is 1. The molecule has 0 saturated carbocycles. The number of carboxylic acids is 1. The van der Waals surface area contributed by atoms with Crippen molar-refractivity contribution in [2.24, 2.45) is 0 Å². The van der Waals surface area contributed by atoms with Crippen LogP contribution in [0.5, 0.6) is 0 Å². The van der Waals surface area contributed by atoms with Gasteiger partial charge in [0, 0.05) is 17.9 Å². The Morgan fingerprint density at radius 3 is 2.17 bits per heavy atom. The van der Waals surface area contributed by atoms with Crippen LogP contribution in [0.1, 0.15) is 26.3 Å². The molecule has 1 rings (SSSR count). The van der Waals surface area contributed by atoms with E-state index in [9.17, 15) is 14.7 Å². The molecule has 0 aliphatic carbocycles. The molecule has 0 fully saturated rings. The van der Waals surface area contributed by atoms with Crippen molar-refractivity contribution in [2.75, 3.05) is 6.54 Å². The van der Waals surface area contributed by atoms with Crippen LogP contribution in [0.2, 0.25) is 0 Å². The van der Waals surface area contributed by atoms with Crippen molar-refractivity contribution >= 4 is 27.8 Å². The van der Waals surface area contributed by atoms with Crippen molar-refractivity contribution in [1.82, 2.24) is 4.90 Å². The number of likely N-dealkylation sites (N-methyl/N-ethyl adjacent to an activating group) is 1. The standard InChI is InChI=1S/C13H16BrNO3/c1-4-15(9(2)16)13(3,12(17)18)10-5-7-11(14)8-6-10/h5-8H,4H2,1-3H3,(H,17,18). The normalized spacial score (nSPS) is 13.8. The van der Waals surface area contributed by atoms with Crippen LogP contribution in [0.3, 0.4) is 0 Å². The van der Waals surface area contributed by atoms with Crippen LogP contribution in [0.25, 0.3) is 0 Å². The quantitative estimate of drug-likeness (QED) is 0.929. The molecule has 0 aromatic heterocycles. The fourth-order valence-electron chi connectivity index (χ4n) is 2.02. The van der Waals surface area contributed by atoms with Gasteiger partial charge in [0.1, 0.15) is 0 Å². The molecule has 4 nitrogen and oxygen atoms in total. The molecule has 0 bridgehead atoms. The first-order chi connectivity index (χ1) is 8.33. The van der Waals surface area contributed by atoms with Crippen molar-refractivity contribution in [3.63, 3.8) is 0 Å². The number of nitrogens with zero attached hydrogens (tertiary/aromatic N) is 1. The highest BCUT2D eigenvalue weighted by Crippen LogP contribution is 2.29. The Hall–Kier alpha value is -1.36. The lowest BCUT2D eigenvalue weighted by molar-refractivity contribution is -0.158. The van der Waals surface area contributed by atoms with Gasteiger partial charge in [-0.2, -0.15) is 0 Å². The van der Waals surface area contributed by atoms with Crippen molar-refractivity contribution in [2.45, 2.75) is 26.3 Å². The van der Waals surface area contributed by atoms with E-state index in [-0.39, 0.29) is 5.91 Å². The van der Waals surface area contributed by atoms with Crippen LogP contribution in [0.15, 0.2) is 28.7 Å². The Bertz CT molecular complexity index is 458. The lowest BCUT2D eigenvalue weighted by Gasteiger charge is -2.37. The molecule has 0 aliphatic rings. The number of carbonyl (C=O) groups is 2. The minimum atomic E-state index is -1.35. The molecule has 0 aliphatic heterocycles. The second-order valence-electron chi connectivity index (χ2n) is 4.15. The van der Waals surface area contributed by atoms with Gasteiger partial charge in [-0.1, -0.05) is 28.1 Å². The molecule has 0 spiro atoms. The number of amides is 1. The van der Waals surface area contributed by atoms with E-state index in [4.69, 9.17) is 0 Å². The second kappa shape index (κ2) is 5.52. The van der Waals surface area contributed by atoms with Crippen LogP contribution in [-0.2, 0) is 15.1 Å². The maximum absolute atomic E-state index is 11.6. The monoisotopic (exact) mass is 313 g/mol. The van der Waals surface area contributed by atoms with Gasteiger partial charge >= 0.3 is 5.97 Å². The number of rotatable bonds is 4. The average molecular weight is 314 g/mol. The molecule has 0 radical (unpaired) electrons. The van der Waals surface area contributed by atoms with Crippen LogP contribution in [0.4, 0.5) is 0 Å². The third-order valence-electron chi connectivity index (χ3n) is 3.06. The number of hydrogen-bond donors (Lipinski definition) is 1. The molecule has 1 N–H and O–H groups in total. The summed E-state index contributed by atoms with van der Waals surface area (Å²) in [6.45, 7) is 5.03. The minimum absolute atomic E-state index is 0.259. The fraction of sp³-hybridized carbons (Fsp3) is 0.385. The van der Waals surface area contributed by atoms with E-state index in [1.54, 1.807) is 38.1 Å². The van der Waals surface area contributed by atoms with Crippen LogP contribution < -0.4 is 0 Å². The van der Waals surface area contributed by atoms with Gasteiger partial charge in [-0.3, -0.25) is 4.79 Å². The van der Waals surface area contributed by atoms with Crippen molar-refractivity contribution in [3.05, 3.63) is 34.3 Å². The Morgan fingerprint density at radius 2 is 1.83 bits per heavy atom. The highest BCUT2D eigenvalue weighted by Gasteiger charge is 2.42. The summed E-state index contributed by atoms with van der Waals surface area (Å²) in [6.07, 6.45) is 0. The molecule has 1 aromatic rings. The molecule has 1 amide bonds. The minimum Gasteiger partial charge on any atom is -0.479 e. The summed E-state index contributed by atoms with van der Waals surface area (Å²) in [4.78, 5) is 24.6. The molecule has 18 heavy (non-hydrogen) atoms. The first-order valence-electron chi connectivity index (χ1n) is 5.61. The maximum Gasteiger partial charge on any atom is 0.334 e. The van der Waals surface area contributed by atoms with E-state index >= 15 is 0 Å². The largest absolute Gasteiger partial charge is 0.479 e. The zero-order valence-electron chi connectivity index (χ0n) is 10.6. The summed E-state index contributed by atoms with van der Waals surface area (Å²) in [5, 5.41) is 9.50. The zero-order chi connectivity index (χ0) is 13.9. The maximum atomic E-state index is 11.6. The van der Waals surface area contributed by atoms with Gasteiger partial charge in [-0.15, -0.1) is 0 Å². The highest BCUT2D eigenvalue weighted by molar-refractivity contribution is 9.10. The second-order valence-corrected chi connectivity index (χ2v) is 5.06. The summed E-state index contributed by atoms with van der Waals surface area (Å²) >= 11 is 3.30. The van der Waals surface area contributed by atoms with Gasteiger partial charge in [0.15, 0.2) is 5.54 Å². The van der Waals surface area contributed by atoms with Crippen LogP contribution in [-0.4, -0.2) is 28.4 Å². The van der Waals surface area contributed by atoms with Crippen molar-refractivity contribution in [1.29, 1.82) is 0 Å². The first kappa shape index (κ1) is 14.7. The van der Waals surface area contributed by atoms with Crippen LogP contribution in [0, 0.1) is 0 Å². The number of halogens is 1. The lowest BCUT2D eigenvalue weighted by Crippen LogP contribution is -2.51. The molecular formula is C13H16BrNO3. The predicted molar refractivity (Wildman–Crippen MR) is 72.2 cm³/mol. The average Bonchev–Trinajstić information content (AvgIpc) is 2.29. The van der Waals surface area contributed by atoms with Crippen molar-refractivity contribution in [3.8, 4) is 0 Å². The lowest BCUT2D eigenvalue weighted by atomic mass is 9.90. The molecule has 98 valence electrons. The molecule has 5 heteroatoms. The van der Waals surface area contributed by atoms with Gasteiger partial charge in [0.25, 0.3) is 0 Å². The highest BCUT2D eigenvalue weighted by atomic mass is 79.9. The third kappa shape index (κ3) is 2.56. The van der Waals surface area contributed by atoms with E-state index in [2.05, 4.69) is 15.9 Å². The predicted octanol–water partition coefficient (Wildman–Crippen LogP) is 2.62. The smallest absolute Gasteiger partial charge is 0.334 e. The number of benzene rings is 1. The van der Waals surface area contributed by atoms with Crippen LogP contribution >= 0.6 is 15.9 Å². The summed E-state index contributed by atoms with van der Waals surface area (Å²) in [6, 6.07) is 6.96. The van der Waals surface area contributed by atoms with E-state index in [0.29, 0.717) is 12.1 Å². The summed E-state index contributed by atoms with van der Waals surface area (Å²) in [5.74, 6) is -1.30. The molecule has 1 aromatic carbocycles. The summed E-state index contributed by atoms with van der Waals surface area (Å²) in [5.41, 5.74) is -0.767. The molecule has 1 unspecified atom stereocenters. The molecule has 1 atom stereocenters. The van der Waals surface area contributed by atoms with E-state index in [0.717, 1.165) is 4.47 Å². The molecule has 0 heterocycles. The zero-order valence-corrected chi connectivity index (χ0v) is 12.2. The summed E-state index contributed by atoms with van der Waals surface area (Å²) in [7, 11) is 0. The Morgan fingerprint density at radius 1 is 1.33 bits per heavy atom. The third-order valence-corrected chi connectivity index (χ3v) is 3.59. The van der Waals surface area contributed by atoms with Gasteiger partial charge in [0.2, 0.25) is 5.91 Å². The molecule has 0 saturated heterocycles. The number of carbonyl (C=O) groups excluding carboxylic acids is 1. The topological polar surface area (TPSA) is 57.6 Å². The Labute approximate surface area is 115 Å². The summed E-state index contributed by atoms with van der Waals surface area (Å²) < 4.78 is 0.866. The van der Waals surface area contributed by atoms with Gasteiger partial charge in [0.05, 0.1) is 0 Å². The van der Waals surface area contributed by atoms with E-state index in [1.807, 2.05) is 0 Å². The fourth-order valence-corrected chi connectivity index (χ4v) is 2.29. The number of carboxylic acid groups (broad SMARTS) is 1. The molecular weight excluding hydrogens is 298 g/mol. The Kier molecular flexibility index (Phi) is 4.51.